The minimum absolute atomic E-state index is 0.169. The van der Waals surface area contributed by atoms with Crippen molar-refractivity contribution in [2.24, 2.45) is 17.6 Å². The third-order valence-corrected chi connectivity index (χ3v) is 5.24. The SMILES string of the molecule is CCNC(CN(C)C1CCCC(C)C1)(C(N)=O)C1CC1. The van der Waals surface area contributed by atoms with Crippen LogP contribution in [0.1, 0.15) is 52.4 Å². The molecule has 2 rings (SSSR count). The van der Waals surface area contributed by atoms with Crippen LogP contribution in [0, 0.1) is 11.8 Å². The predicted molar refractivity (Wildman–Crippen MR) is 82.4 cm³/mol. The Balaban J connectivity index is 2.04. The first-order valence-electron chi connectivity index (χ1n) is 8.24. The van der Waals surface area contributed by atoms with Crippen LogP contribution in [0.4, 0.5) is 0 Å². The molecule has 20 heavy (non-hydrogen) atoms. The van der Waals surface area contributed by atoms with Crippen molar-refractivity contribution in [3.63, 3.8) is 0 Å². The zero-order valence-electron chi connectivity index (χ0n) is 13.3. The Hall–Kier alpha value is -0.610. The average molecular weight is 281 g/mol. The fraction of sp³-hybridized carbons (Fsp3) is 0.938. The quantitative estimate of drug-likeness (QED) is 0.747. The van der Waals surface area contributed by atoms with E-state index in [9.17, 15) is 4.79 Å². The molecule has 0 aliphatic heterocycles. The number of carbonyl (C=O) groups excluding carboxylic acids is 1. The number of nitrogens with two attached hydrogens (primary N) is 1. The van der Waals surface area contributed by atoms with Gasteiger partial charge in [-0.05, 0) is 51.1 Å². The van der Waals surface area contributed by atoms with Gasteiger partial charge in [0.15, 0.2) is 0 Å². The number of carbonyl (C=O) groups is 1. The van der Waals surface area contributed by atoms with Gasteiger partial charge in [0.2, 0.25) is 5.91 Å². The van der Waals surface area contributed by atoms with E-state index in [1.54, 1.807) is 0 Å². The maximum absolute atomic E-state index is 12.1. The van der Waals surface area contributed by atoms with E-state index in [4.69, 9.17) is 5.73 Å². The van der Waals surface area contributed by atoms with Crippen LogP contribution < -0.4 is 11.1 Å². The Labute approximate surface area is 123 Å². The molecule has 0 bridgehead atoms. The summed E-state index contributed by atoms with van der Waals surface area (Å²) in [6.45, 7) is 5.96. The fourth-order valence-electron chi connectivity index (χ4n) is 3.91. The maximum Gasteiger partial charge on any atom is 0.239 e. The number of rotatable bonds is 7. The maximum atomic E-state index is 12.1. The van der Waals surface area contributed by atoms with Crippen LogP contribution in [0.2, 0.25) is 0 Å². The minimum atomic E-state index is -0.510. The Morgan fingerprint density at radius 3 is 2.55 bits per heavy atom. The van der Waals surface area contributed by atoms with Gasteiger partial charge in [-0.25, -0.2) is 0 Å². The van der Waals surface area contributed by atoms with Gasteiger partial charge in [-0.1, -0.05) is 26.7 Å². The largest absolute Gasteiger partial charge is 0.368 e. The molecular weight excluding hydrogens is 250 g/mol. The molecule has 2 fully saturated rings. The summed E-state index contributed by atoms with van der Waals surface area (Å²) in [5.41, 5.74) is 5.27. The Kier molecular flexibility index (Phi) is 5.08. The monoisotopic (exact) mass is 281 g/mol. The number of primary amides is 1. The molecule has 3 atom stereocenters. The van der Waals surface area contributed by atoms with Gasteiger partial charge >= 0.3 is 0 Å². The van der Waals surface area contributed by atoms with Crippen LogP contribution in [0.25, 0.3) is 0 Å². The van der Waals surface area contributed by atoms with Gasteiger partial charge in [0.1, 0.15) is 5.54 Å². The highest BCUT2D eigenvalue weighted by molar-refractivity contribution is 5.86. The zero-order valence-corrected chi connectivity index (χ0v) is 13.3. The molecule has 0 saturated heterocycles. The summed E-state index contributed by atoms with van der Waals surface area (Å²) in [4.78, 5) is 14.5. The summed E-state index contributed by atoms with van der Waals surface area (Å²) in [6.07, 6.45) is 7.43. The van der Waals surface area contributed by atoms with Crippen molar-refractivity contribution in [3.8, 4) is 0 Å². The first kappa shape index (κ1) is 15.8. The Morgan fingerprint density at radius 1 is 1.35 bits per heavy atom. The van der Waals surface area contributed by atoms with Crippen LogP contribution >= 0.6 is 0 Å². The fourth-order valence-corrected chi connectivity index (χ4v) is 3.91. The number of hydrogen-bond acceptors (Lipinski definition) is 3. The lowest BCUT2D eigenvalue weighted by molar-refractivity contribution is -0.126. The molecule has 4 nitrogen and oxygen atoms in total. The van der Waals surface area contributed by atoms with Crippen LogP contribution in [-0.2, 0) is 4.79 Å². The number of nitrogens with one attached hydrogen (secondary N) is 1. The molecular formula is C16H31N3O. The Bertz CT molecular complexity index is 343. The van der Waals surface area contributed by atoms with Gasteiger partial charge in [0, 0.05) is 12.6 Å². The van der Waals surface area contributed by atoms with E-state index in [1.807, 2.05) is 0 Å². The molecule has 116 valence electrons. The van der Waals surface area contributed by atoms with Crippen molar-refractivity contribution < 1.29 is 4.79 Å². The first-order valence-corrected chi connectivity index (χ1v) is 8.24. The van der Waals surface area contributed by atoms with Gasteiger partial charge in [0.25, 0.3) is 0 Å². The molecule has 0 aromatic rings. The summed E-state index contributed by atoms with van der Waals surface area (Å²) in [5, 5.41) is 3.42. The molecule has 0 radical (unpaired) electrons. The van der Waals surface area contributed by atoms with Crippen LogP contribution in [0.5, 0.6) is 0 Å². The number of hydrogen-bond donors (Lipinski definition) is 2. The van der Waals surface area contributed by atoms with Crippen LogP contribution in [-0.4, -0.2) is 42.5 Å². The lowest BCUT2D eigenvalue weighted by atomic mass is 9.84. The van der Waals surface area contributed by atoms with Crippen molar-refractivity contribution in [1.29, 1.82) is 0 Å². The van der Waals surface area contributed by atoms with E-state index in [-0.39, 0.29) is 5.91 Å². The van der Waals surface area contributed by atoms with Crippen LogP contribution in [0.3, 0.4) is 0 Å². The molecule has 1 amide bonds. The number of amides is 1. The second-order valence-electron chi connectivity index (χ2n) is 6.98. The van der Waals surface area contributed by atoms with Crippen molar-refractivity contribution in [1.82, 2.24) is 10.2 Å². The highest BCUT2D eigenvalue weighted by atomic mass is 16.1. The van der Waals surface area contributed by atoms with Crippen molar-refractivity contribution in [3.05, 3.63) is 0 Å². The van der Waals surface area contributed by atoms with Crippen molar-refractivity contribution in [2.75, 3.05) is 20.1 Å². The lowest BCUT2D eigenvalue weighted by Gasteiger charge is -2.41. The summed E-state index contributed by atoms with van der Waals surface area (Å²) in [5.74, 6) is 1.07. The van der Waals surface area contributed by atoms with E-state index < -0.39 is 5.54 Å². The molecule has 2 saturated carbocycles. The average Bonchev–Trinajstić information content (AvgIpc) is 3.22. The topological polar surface area (TPSA) is 58.4 Å². The summed E-state index contributed by atoms with van der Waals surface area (Å²) in [7, 11) is 2.17. The van der Waals surface area contributed by atoms with E-state index in [0.29, 0.717) is 12.0 Å². The van der Waals surface area contributed by atoms with Crippen molar-refractivity contribution in [2.45, 2.75) is 64.0 Å². The highest BCUT2D eigenvalue weighted by Crippen LogP contribution is 2.40. The van der Waals surface area contributed by atoms with Gasteiger partial charge in [0.05, 0.1) is 0 Å². The predicted octanol–water partition coefficient (Wildman–Crippen LogP) is 1.74. The number of likely N-dealkylation sites (N-methyl/N-ethyl adjacent to an activating group) is 2. The molecule has 0 aromatic carbocycles. The molecule has 2 aliphatic carbocycles. The van der Waals surface area contributed by atoms with Gasteiger partial charge < -0.3 is 16.0 Å². The van der Waals surface area contributed by atoms with E-state index in [1.165, 1.54) is 25.7 Å². The van der Waals surface area contributed by atoms with E-state index in [0.717, 1.165) is 31.8 Å². The van der Waals surface area contributed by atoms with Gasteiger partial charge in [-0.2, -0.15) is 0 Å². The van der Waals surface area contributed by atoms with Gasteiger partial charge in [-0.15, -0.1) is 0 Å². The third-order valence-electron chi connectivity index (χ3n) is 5.24. The molecule has 0 heterocycles. The molecule has 2 aliphatic rings. The summed E-state index contributed by atoms with van der Waals surface area (Å²) < 4.78 is 0. The normalized spacial score (nSPS) is 30.2. The lowest BCUT2D eigenvalue weighted by Crippen LogP contribution is -2.63. The Morgan fingerprint density at radius 2 is 2.05 bits per heavy atom. The molecule has 0 spiro atoms. The second kappa shape index (κ2) is 6.44. The smallest absolute Gasteiger partial charge is 0.239 e. The zero-order chi connectivity index (χ0) is 14.8. The summed E-state index contributed by atoms with van der Waals surface area (Å²) >= 11 is 0. The first-order chi connectivity index (χ1) is 9.49. The van der Waals surface area contributed by atoms with E-state index >= 15 is 0 Å². The highest BCUT2D eigenvalue weighted by Gasteiger charge is 2.50. The molecule has 3 unspecified atom stereocenters. The third kappa shape index (κ3) is 3.34. The molecule has 0 aromatic heterocycles. The standard InChI is InChI=1S/C16H31N3O/c1-4-18-16(15(17)20,13-8-9-13)11-19(3)14-7-5-6-12(2)10-14/h12-14,18H,4-11H2,1-3H3,(H2,17,20). The van der Waals surface area contributed by atoms with Gasteiger partial charge in [-0.3, -0.25) is 4.79 Å². The minimum Gasteiger partial charge on any atom is -0.368 e. The van der Waals surface area contributed by atoms with Crippen molar-refractivity contribution >= 4 is 5.91 Å². The van der Waals surface area contributed by atoms with Crippen LogP contribution in [0.15, 0.2) is 0 Å². The van der Waals surface area contributed by atoms with E-state index in [2.05, 4.69) is 31.1 Å². The molecule has 3 N–H and O–H groups in total. The second-order valence-corrected chi connectivity index (χ2v) is 6.98. The molecule has 4 heteroatoms. The summed E-state index contributed by atoms with van der Waals surface area (Å²) in [6, 6.07) is 0.606. The number of nitrogens with zero attached hydrogens (tertiary/aromatic N) is 1.